The molecule has 1 saturated carbocycles. The lowest BCUT2D eigenvalue weighted by molar-refractivity contribution is -0.116. The van der Waals surface area contributed by atoms with Crippen LogP contribution >= 0.6 is 0 Å². The zero-order valence-electron chi connectivity index (χ0n) is 15.0. The largest absolute Gasteiger partial charge is 0.391 e. The van der Waals surface area contributed by atoms with Gasteiger partial charge in [0.1, 0.15) is 0 Å². The van der Waals surface area contributed by atoms with Crippen LogP contribution in [-0.4, -0.2) is 41.0 Å². The van der Waals surface area contributed by atoms with Crippen molar-refractivity contribution in [3.05, 3.63) is 29.3 Å². The zero-order chi connectivity index (χ0) is 17.9. The van der Waals surface area contributed by atoms with Gasteiger partial charge in [0.2, 0.25) is 5.91 Å². The van der Waals surface area contributed by atoms with Crippen molar-refractivity contribution in [1.29, 1.82) is 0 Å². The summed E-state index contributed by atoms with van der Waals surface area (Å²) in [6.07, 6.45) is 2.58. The summed E-state index contributed by atoms with van der Waals surface area (Å²) < 4.78 is 0. The Bertz CT molecular complexity index is 613. The predicted octanol–water partition coefficient (Wildman–Crippen LogP) is 2.97. The third-order valence-corrected chi connectivity index (χ3v) is 4.60. The van der Waals surface area contributed by atoms with Gasteiger partial charge in [-0.15, -0.1) is 0 Å². The van der Waals surface area contributed by atoms with E-state index in [1.54, 1.807) is 30.1 Å². The summed E-state index contributed by atoms with van der Waals surface area (Å²) in [6.45, 7) is 5.88. The third kappa shape index (κ3) is 4.35. The van der Waals surface area contributed by atoms with E-state index in [2.05, 4.69) is 5.32 Å². The first-order valence-electron chi connectivity index (χ1n) is 8.65. The van der Waals surface area contributed by atoms with E-state index in [-0.39, 0.29) is 17.9 Å². The maximum atomic E-state index is 12.6. The molecule has 0 bridgehead atoms. The van der Waals surface area contributed by atoms with Crippen molar-refractivity contribution in [3.63, 3.8) is 0 Å². The molecule has 5 nitrogen and oxygen atoms in total. The molecule has 0 radical (unpaired) electrons. The van der Waals surface area contributed by atoms with Crippen LogP contribution in [0.3, 0.4) is 0 Å². The van der Waals surface area contributed by atoms with Gasteiger partial charge in [-0.05, 0) is 55.9 Å². The van der Waals surface area contributed by atoms with Crippen LogP contribution in [0, 0.1) is 12.8 Å². The number of anilines is 1. The fraction of sp³-hybridized carbons (Fsp3) is 0.579. The van der Waals surface area contributed by atoms with E-state index in [0.717, 1.165) is 30.5 Å². The van der Waals surface area contributed by atoms with E-state index in [0.29, 0.717) is 17.9 Å². The van der Waals surface area contributed by atoms with Gasteiger partial charge in [0.05, 0.1) is 12.1 Å². The van der Waals surface area contributed by atoms with Crippen molar-refractivity contribution in [3.8, 4) is 0 Å². The number of carbonyl (C=O) groups excluding carboxylic acids is 2. The number of aryl methyl sites for hydroxylation is 1. The number of carbonyl (C=O) groups is 2. The minimum atomic E-state index is -0.436. The molecule has 1 fully saturated rings. The summed E-state index contributed by atoms with van der Waals surface area (Å²) >= 11 is 0. The van der Waals surface area contributed by atoms with Crippen molar-refractivity contribution in [2.24, 2.45) is 5.92 Å². The number of likely N-dealkylation sites (N-methyl/N-ethyl adjacent to an activating group) is 1. The Balaban J connectivity index is 2.08. The van der Waals surface area contributed by atoms with Gasteiger partial charge in [0.25, 0.3) is 5.91 Å². The molecule has 2 atom stereocenters. The van der Waals surface area contributed by atoms with Crippen molar-refractivity contribution >= 4 is 17.5 Å². The van der Waals surface area contributed by atoms with Gasteiger partial charge in [0.15, 0.2) is 0 Å². The van der Waals surface area contributed by atoms with Crippen molar-refractivity contribution in [1.82, 2.24) is 4.90 Å². The third-order valence-electron chi connectivity index (χ3n) is 4.60. The SMILES string of the molecule is Cc1cc(C(=O)N(C)[C@@H]2CCC[C@H]2O)ccc1NC(=O)CC(C)C. The molecule has 2 N–H and O–H groups in total. The zero-order valence-corrected chi connectivity index (χ0v) is 15.0. The Labute approximate surface area is 144 Å². The average molecular weight is 332 g/mol. The number of benzene rings is 1. The van der Waals surface area contributed by atoms with E-state index in [1.165, 1.54) is 0 Å². The first-order valence-corrected chi connectivity index (χ1v) is 8.65. The fourth-order valence-electron chi connectivity index (χ4n) is 3.24. The molecular weight excluding hydrogens is 304 g/mol. The second-order valence-corrected chi connectivity index (χ2v) is 7.16. The fourth-order valence-corrected chi connectivity index (χ4v) is 3.24. The number of hydrogen-bond donors (Lipinski definition) is 2. The van der Waals surface area contributed by atoms with E-state index in [1.807, 2.05) is 20.8 Å². The minimum Gasteiger partial charge on any atom is -0.391 e. The summed E-state index contributed by atoms with van der Waals surface area (Å²) in [5.41, 5.74) is 2.18. The standard InChI is InChI=1S/C19H28N2O3/c1-12(2)10-18(23)20-15-9-8-14(11-13(15)3)19(24)21(4)16-6-5-7-17(16)22/h8-9,11-12,16-17,22H,5-7,10H2,1-4H3,(H,20,23)/t16-,17-/m1/s1. The molecule has 0 unspecified atom stereocenters. The van der Waals surface area contributed by atoms with Gasteiger partial charge >= 0.3 is 0 Å². The number of amides is 2. The number of aliphatic hydroxyl groups is 1. The molecule has 1 aliphatic carbocycles. The number of nitrogens with one attached hydrogen (secondary N) is 1. The number of aliphatic hydroxyl groups excluding tert-OH is 1. The summed E-state index contributed by atoms with van der Waals surface area (Å²) in [5, 5.41) is 12.9. The lowest BCUT2D eigenvalue weighted by Crippen LogP contribution is -2.41. The smallest absolute Gasteiger partial charge is 0.253 e. The summed E-state index contributed by atoms with van der Waals surface area (Å²) in [4.78, 5) is 26.2. The lowest BCUT2D eigenvalue weighted by Gasteiger charge is -2.27. The average Bonchev–Trinajstić information content (AvgIpc) is 2.93. The molecule has 5 heteroatoms. The van der Waals surface area contributed by atoms with Crippen LogP contribution in [-0.2, 0) is 4.79 Å². The maximum absolute atomic E-state index is 12.6. The van der Waals surface area contributed by atoms with Crippen LogP contribution in [0.5, 0.6) is 0 Å². The molecule has 2 rings (SSSR count). The van der Waals surface area contributed by atoms with E-state index >= 15 is 0 Å². The predicted molar refractivity (Wildman–Crippen MR) is 95.0 cm³/mol. The first-order chi connectivity index (χ1) is 11.3. The highest BCUT2D eigenvalue weighted by molar-refractivity contribution is 5.96. The van der Waals surface area contributed by atoms with Crippen molar-refractivity contribution in [2.45, 2.75) is 58.6 Å². The van der Waals surface area contributed by atoms with E-state index < -0.39 is 6.10 Å². The van der Waals surface area contributed by atoms with Crippen LogP contribution in [0.4, 0.5) is 5.69 Å². The Kier molecular flexibility index (Phi) is 5.99. The maximum Gasteiger partial charge on any atom is 0.253 e. The van der Waals surface area contributed by atoms with Gasteiger partial charge in [-0.25, -0.2) is 0 Å². The molecular formula is C19H28N2O3. The molecule has 1 aliphatic rings. The second kappa shape index (κ2) is 7.79. The van der Waals surface area contributed by atoms with Crippen molar-refractivity contribution < 1.29 is 14.7 Å². The van der Waals surface area contributed by atoms with E-state index in [9.17, 15) is 14.7 Å². The molecule has 132 valence electrons. The Morgan fingerprint density at radius 1 is 1.33 bits per heavy atom. The Morgan fingerprint density at radius 3 is 2.58 bits per heavy atom. The highest BCUT2D eigenvalue weighted by Gasteiger charge is 2.31. The summed E-state index contributed by atoms with van der Waals surface area (Å²) in [5.74, 6) is 0.195. The van der Waals surface area contributed by atoms with Crippen LogP contribution in [0.2, 0.25) is 0 Å². The number of hydrogen-bond acceptors (Lipinski definition) is 3. The van der Waals surface area contributed by atoms with Crippen molar-refractivity contribution in [2.75, 3.05) is 12.4 Å². The minimum absolute atomic E-state index is 0.0154. The number of nitrogens with zero attached hydrogens (tertiary/aromatic N) is 1. The Morgan fingerprint density at radius 2 is 2.04 bits per heavy atom. The van der Waals surface area contributed by atoms with E-state index in [4.69, 9.17) is 0 Å². The molecule has 1 aromatic carbocycles. The topological polar surface area (TPSA) is 69.6 Å². The normalized spacial score (nSPS) is 20.2. The molecule has 0 heterocycles. The monoisotopic (exact) mass is 332 g/mol. The number of rotatable bonds is 5. The van der Waals surface area contributed by atoms with Crippen LogP contribution < -0.4 is 5.32 Å². The second-order valence-electron chi connectivity index (χ2n) is 7.16. The van der Waals surface area contributed by atoms with Gasteiger partial charge < -0.3 is 15.3 Å². The van der Waals surface area contributed by atoms with Gasteiger partial charge in [0, 0.05) is 24.7 Å². The van der Waals surface area contributed by atoms with Crippen LogP contribution in [0.1, 0.15) is 55.5 Å². The quantitative estimate of drug-likeness (QED) is 0.871. The highest BCUT2D eigenvalue weighted by atomic mass is 16.3. The molecule has 24 heavy (non-hydrogen) atoms. The molecule has 0 aromatic heterocycles. The lowest BCUT2D eigenvalue weighted by atomic mass is 10.1. The molecule has 0 spiro atoms. The Hall–Kier alpha value is -1.88. The van der Waals surface area contributed by atoms with Gasteiger partial charge in [-0.2, -0.15) is 0 Å². The summed E-state index contributed by atoms with van der Waals surface area (Å²) in [6, 6.07) is 5.20. The highest BCUT2D eigenvalue weighted by Crippen LogP contribution is 2.25. The molecule has 2 amide bonds. The first kappa shape index (κ1) is 18.5. The molecule has 0 saturated heterocycles. The van der Waals surface area contributed by atoms with Gasteiger partial charge in [-0.1, -0.05) is 13.8 Å². The molecule has 1 aromatic rings. The summed E-state index contributed by atoms with van der Waals surface area (Å²) in [7, 11) is 1.75. The van der Waals surface area contributed by atoms with Gasteiger partial charge in [-0.3, -0.25) is 9.59 Å². The van der Waals surface area contributed by atoms with Crippen LogP contribution in [0.15, 0.2) is 18.2 Å². The molecule has 0 aliphatic heterocycles. The van der Waals surface area contributed by atoms with Crippen LogP contribution in [0.25, 0.3) is 0 Å².